The zero-order chi connectivity index (χ0) is 17.7. The molecule has 120 valence electrons. The van der Waals surface area contributed by atoms with Crippen LogP contribution in [-0.2, 0) is 0 Å². The molecule has 2 aromatic rings. The number of rotatable bonds is 4. The lowest BCUT2D eigenvalue weighted by molar-refractivity contribution is 0.0696. The second-order valence-electron chi connectivity index (χ2n) is 4.71. The van der Waals surface area contributed by atoms with Crippen LogP contribution in [0.2, 0.25) is 0 Å². The summed E-state index contributed by atoms with van der Waals surface area (Å²) in [4.78, 5) is 34.0. The summed E-state index contributed by atoms with van der Waals surface area (Å²) < 4.78 is 0. The first-order chi connectivity index (χ1) is 11.4. The Bertz CT molecular complexity index is 818. The summed E-state index contributed by atoms with van der Waals surface area (Å²) in [5.41, 5.74) is 0.678. The van der Waals surface area contributed by atoms with Crippen molar-refractivity contribution >= 4 is 29.3 Å². The van der Waals surface area contributed by atoms with E-state index >= 15 is 0 Å². The smallest absolute Gasteiger partial charge is 0.335 e. The largest absolute Gasteiger partial charge is 0.478 e. The molecule has 0 atom stereocenters. The summed E-state index contributed by atoms with van der Waals surface area (Å²) in [6, 6.07) is 9.17. The number of carbonyl (C=O) groups is 3. The molecule has 2 rings (SSSR count). The molecule has 0 bridgehead atoms. The molecular weight excluding hydrogens is 312 g/mol. The van der Waals surface area contributed by atoms with Crippen molar-refractivity contribution in [2.75, 3.05) is 10.6 Å². The third-order valence-corrected chi connectivity index (χ3v) is 2.99. The molecule has 2 amide bonds. The van der Waals surface area contributed by atoms with Gasteiger partial charge in [-0.1, -0.05) is 5.92 Å². The van der Waals surface area contributed by atoms with Crippen molar-refractivity contribution in [2.45, 2.75) is 0 Å². The van der Waals surface area contributed by atoms with Crippen LogP contribution < -0.4 is 10.6 Å². The summed E-state index contributed by atoms with van der Waals surface area (Å²) in [5.74, 6) is -0.158. The van der Waals surface area contributed by atoms with Crippen molar-refractivity contribution in [3.63, 3.8) is 0 Å². The summed E-state index contributed by atoms with van der Waals surface area (Å²) in [6.07, 6.45) is 5.23. The van der Waals surface area contributed by atoms with Crippen molar-refractivity contribution < 1.29 is 24.6 Å². The van der Waals surface area contributed by atoms with Gasteiger partial charge >= 0.3 is 18.0 Å². The Morgan fingerprint density at radius 2 is 1.33 bits per heavy atom. The van der Waals surface area contributed by atoms with Crippen molar-refractivity contribution in [2.24, 2.45) is 0 Å². The van der Waals surface area contributed by atoms with Gasteiger partial charge in [0.15, 0.2) is 0 Å². The van der Waals surface area contributed by atoms with Gasteiger partial charge in [0, 0.05) is 16.9 Å². The van der Waals surface area contributed by atoms with E-state index < -0.39 is 18.0 Å². The number of hydrogen-bond acceptors (Lipinski definition) is 3. The highest BCUT2D eigenvalue weighted by Gasteiger charge is 2.13. The molecule has 0 aromatic heterocycles. The van der Waals surface area contributed by atoms with Gasteiger partial charge in [0.05, 0.1) is 11.1 Å². The third-order valence-electron chi connectivity index (χ3n) is 2.99. The molecule has 0 saturated carbocycles. The minimum absolute atomic E-state index is 0.0463. The number of carbonyl (C=O) groups excluding carboxylic acids is 1. The van der Waals surface area contributed by atoms with Gasteiger partial charge in [-0.15, -0.1) is 6.42 Å². The molecular formula is C17H12N2O5. The topological polar surface area (TPSA) is 116 Å². The van der Waals surface area contributed by atoms with Gasteiger partial charge in [-0.05, 0) is 42.5 Å². The molecule has 0 aliphatic rings. The number of amides is 2. The van der Waals surface area contributed by atoms with Crippen LogP contribution in [-0.4, -0.2) is 28.2 Å². The van der Waals surface area contributed by atoms with E-state index in [9.17, 15) is 14.4 Å². The average molecular weight is 324 g/mol. The van der Waals surface area contributed by atoms with E-state index in [4.69, 9.17) is 16.6 Å². The van der Waals surface area contributed by atoms with Gasteiger partial charge in [-0.2, -0.15) is 0 Å². The normalized spacial score (nSPS) is 9.62. The number of hydrogen-bond donors (Lipinski definition) is 4. The molecule has 7 heteroatoms. The fourth-order valence-electron chi connectivity index (χ4n) is 1.89. The van der Waals surface area contributed by atoms with Crippen LogP contribution in [0, 0.1) is 12.3 Å². The Morgan fingerprint density at radius 3 is 1.79 bits per heavy atom. The summed E-state index contributed by atoms with van der Waals surface area (Å²) in [5, 5.41) is 22.9. The van der Waals surface area contributed by atoms with Crippen molar-refractivity contribution in [1.82, 2.24) is 0 Å². The van der Waals surface area contributed by atoms with Crippen molar-refractivity contribution in [3.05, 3.63) is 59.2 Å². The number of terminal acetylenes is 1. The standard InChI is InChI=1S/C17H12N2O5/c1-2-10-3-5-13(6-4-10)18-17(24)19-14-8-11(15(20)21)7-12(9-14)16(22)23/h1,3-9H,(H,20,21)(H,22,23)(H2,18,19,24). The molecule has 0 heterocycles. The number of urea groups is 1. The van der Waals surface area contributed by atoms with Crippen LogP contribution in [0.15, 0.2) is 42.5 Å². The van der Waals surface area contributed by atoms with Crippen LogP contribution >= 0.6 is 0 Å². The number of nitrogens with one attached hydrogen (secondary N) is 2. The van der Waals surface area contributed by atoms with E-state index in [0.717, 1.165) is 18.2 Å². The summed E-state index contributed by atoms with van der Waals surface area (Å²) >= 11 is 0. The van der Waals surface area contributed by atoms with Gasteiger partial charge in [0.2, 0.25) is 0 Å². The quantitative estimate of drug-likeness (QED) is 0.645. The first kappa shape index (κ1) is 16.6. The number of anilines is 2. The number of aromatic carboxylic acids is 2. The van der Waals surface area contributed by atoms with E-state index in [0.29, 0.717) is 11.3 Å². The SMILES string of the molecule is C#Cc1ccc(NC(=O)Nc2cc(C(=O)O)cc(C(=O)O)c2)cc1. The highest BCUT2D eigenvalue weighted by atomic mass is 16.4. The van der Waals surface area contributed by atoms with E-state index in [1.165, 1.54) is 0 Å². The van der Waals surface area contributed by atoms with Gasteiger partial charge in [0.25, 0.3) is 0 Å². The van der Waals surface area contributed by atoms with E-state index in [-0.39, 0.29) is 16.8 Å². The van der Waals surface area contributed by atoms with Gasteiger partial charge < -0.3 is 20.8 Å². The first-order valence-electron chi connectivity index (χ1n) is 6.65. The number of benzene rings is 2. The average Bonchev–Trinajstić information content (AvgIpc) is 2.55. The van der Waals surface area contributed by atoms with E-state index in [1.54, 1.807) is 24.3 Å². The molecule has 7 nitrogen and oxygen atoms in total. The third kappa shape index (κ3) is 4.11. The number of carboxylic acids is 2. The molecule has 0 radical (unpaired) electrons. The fraction of sp³-hybridized carbons (Fsp3) is 0. The first-order valence-corrected chi connectivity index (χ1v) is 6.65. The van der Waals surface area contributed by atoms with Gasteiger partial charge in [-0.3, -0.25) is 0 Å². The van der Waals surface area contributed by atoms with Crippen molar-refractivity contribution in [1.29, 1.82) is 0 Å². The van der Waals surface area contributed by atoms with Gasteiger partial charge in [-0.25, -0.2) is 14.4 Å². The lowest BCUT2D eigenvalue weighted by atomic mass is 10.1. The Hall–Kier alpha value is -3.79. The zero-order valence-corrected chi connectivity index (χ0v) is 12.2. The molecule has 0 aliphatic carbocycles. The summed E-state index contributed by atoms with van der Waals surface area (Å²) in [7, 11) is 0. The number of carboxylic acid groups (broad SMARTS) is 2. The van der Waals surface area contributed by atoms with Crippen molar-refractivity contribution in [3.8, 4) is 12.3 Å². The molecule has 0 aliphatic heterocycles. The predicted molar refractivity (Wildman–Crippen MR) is 87.4 cm³/mol. The fourth-order valence-corrected chi connectivity index (χ4v) is 1.89. The maximum Gasteiger partial charge on any atom is 0.335 e. The molecule has 0 saturated heterocycles. The summed E-state index contributed by atoms with van der Waals surface area (Å²) in [6.45, 7) is 0. The maximum absolute atomic E-state index is 11.9. The maximum atomic E-state index is 11.9. The second-order valence-corrected chi connectivity index (χ2v) is 4.71. The van der Waals surface area contributed by atoms with Crippen LogP contribution in [0.3, 0.4) is 0 Å². The molecule has 0 unspecified atom stereocenters. The Morgan fingerprint density at radius 1 is 0.833 bits per heavy atom. The minimum Gasteiger partial charge on any atom is -0.478 e. The molecule has 24 heavy (non-hydrogen) atoms. The Balaban J connectivity index is 2.17. The predicted octanol–water partition coefficient (Wildman–Crippen LogP) is 2.71. The molecule has 0 fully saturated rings. The lowest BCUT2D eigenvalue weighted by Crippen LogP contribution is -2.20. The molecule has 4 N–H and O–H groups in total. The van der Waals surface area contributed by atoms with Crippen LogP contribution in [0.5, 0.6) is 0 Å². The molecule has 0 spiro atoms. The Labute approximate surface area is 136 Å². The van der Waals surface area contributed by atoms with E-state index in [2.05, 4.69) is 16.6 Å². The second kappa shape index (κ2) is 6.98. The monoisotopic (exact) mass is 324 g/mol. The van der Waals surface area contributed by atoms with Crippen LogP contribution in [0.1, 0.15) is 26.3 Å². The van der Waals surface area contributed by atoms with Crippen LogP contribution in [0.25, 0.3) is 0 Å². The minimum atomic E-state index is -1.30. The lowest BCUT2D eigenvalue weighted by Gasteiger charge is -2.09. The van der Waals surface area contributed by atoms with E-state index in [1.807, 2.05) is 0 Å². The molecule has 2 aromatic carbocycles. The highest BCUT2D eigenvalue weighted by molar-refractivity contribution is 6.02. The van der Waals surface area contributed by atoms with Crippen LogP contribution in [0.4, 0.5) is 16.2 Å². The van der Waals surface area contributed by atoms with Gasteiger partial charge in [0.1, 0.15) is 0 Å². The Kier molecular flexibility index (Phi) is 4.82. The zero-order valence-electron chi connectivity index (χ0n) is 12.2. The highest BCUT2D eigenvalue weighted by Crippen LogP contribution is 2.16.